The second kappa shape index (κ2) is 10.2. The van der Waals surface area contributed by atoms with Crippen LogP contribution in [0.25, 0.3) is 0 Å². The number of piperidine rings is 1. The van der Waals surface area contributed by atoms with Crippen LogP contribution in [0.1, 0.15) is 83.1 Å². The molecular formula is C28H41N3O2. The topological polar surface area (TPSA) is 43.9 Å². The fraction of sp³-hybridized carbons (Fsp3) is 0.714. The molecule has 2 aliphatic carbocycles. The number of anilines is 1. The summed E-state index contributed by atoms with van der Waals surface area (Å²) in [5.74, 6) is 2.00. The molecule has 1 saturated heterocycles. The van der Waals surface area contributed by atoms with E-state index >= 15 is 0 Å². The summed E-state index contributed by atoms with van der Waals surface area (Å²) >= 11 is 0. The molecule has 4 aliphatic rings. The van der Waals surface area contributed by atoms with E-state index in [0.29, 0.717) is 31.0 Å². The average Bonchev–Trinajstić information content (AvgIpc) is 3.58. The Morgan fingerprint density at radius 2 is 1.67 bits per heavy atom. The quantitative estimate of drug-likeness (QED) is 0.634. The second-order valence-corrected chi connectivity index (χ2v) is 11.1. The summed E-state index contributed by atoms with van der Waals surface area (Å²) in [5.41, 5.74) is 2.10. The molecule has 33 heavy (non-hydrogen) atoms. The molecule has 0 spiro atoms. The Bertz CT molecular complexity index is 847. The van der Waals surface area contributed by atoms with Crippen LogP contribution in [-0.4, -0.2) is 53.3 Å². The molecule has 5 heteroatoms. The molecule has 0 radical (unpaired) electrons. The largest absolute Gasteiger partial charge is 0.337 e. The van der Waals surface area contributed by atoms with E-state index in [1.807, 2.05) is 17.0 Å². The minimum atomic E-state index is 0.102. The van der Waals surface area contributed by atoms with Crippen LogP contribution in [0.4, 0.5) is 5.69 Å². The number of hydrogen-bond acceptors (Lipinski definition) is 3. The van der Waals surface area contributed by atoms with Gasteiger partial charge in [-0.3, -0.25) is 14.5 Å². The normalized spacial score (nSPS) is 26.8. The van der Waals surface area contributed by atoms with Crippen molar-refractivity contribution < 1.29 is 9.59 Å². The molecule has 2 unspecified atom stereocenters. The Hall–Kier alpha value is -1.88. The van der Waals surface area contributed by atoms with E-state index in [1.54, 1.807) is 6.92 Å². The van der Waals surface area contributed by atoms with Crippen molar-refractivity contribution in [3.05, 3.63) is 29.8 Å². The molecule has 0 N–H and O–H groups in total. The van der Waals surface area contributed by atoms with Crippen molar-refractivity contribution in [3.8, 4) is 0 Å². The standard InChI is InChI=1S/C28H41N3O2/c1-21(32)30-17-16-25-9-5-10-26(31(25)18-23-12-13-23)20-29(19-24-8-2-3-11-27(24)30)28(33)15-14-22-6-4-7-22/h2-3,8,11,22-23,25-26H,4-7,9-10,12-20H2,1H3. The van der Waals surface area contributed by atoms with Crippen molar-refractivity contribution in [2.24, 2.45) is 11.8 Å². The molecule has 180 valence electrons. The zero-order valence-corrected chi connectivity index (χ0v) is 20.4. The zero-order chi connectivity index (χ0) is 22.8. The molecule has 5 nitrogen and oxygen atoms in total. The Balaban J connectivity index is 1.44. The van der Waals surface area contributed by atoms with Gasteiger partial charge in [-0.25, -0.2) is 0 Å². The van der Waals surface area contributed by atoms with Gasteiger partial charge in [-0.1, -0.05) is 43.9 Å². The highest BCUT2D eigenvalue weighted by Crippen LogP contribution is 2.36. The van der Waals surface area contributed by atoms with Crippen LogP contribution in [-0.2, 0) is 16.1 Å². The van der Waals surface area contributed by atoms with Gasteiger partial charge in [0.05, 0.1) is 0 Å². The molecule has 0 aromatic heterocycles. The molecule has 2 atom stereocenters. The van der Waals surface area contributed by atoms with Gasteiger partial charge < -0.3 is 9.80 Å². The third-order valence-corrected chi connectivity index (χ3v) is 8.66. The fourth-order valence-corrected chi connectivity index (χ4v) is 6.24. The van der Waals surface area contributed by atoms with Crippen LogP contribution < -0.4 is 4.90 Å². The monoisotopic (exact) mass is 451 g/mol. The number of amides is 2. The number of nitrogens with zero attached hydrogens (tertiary/aromatic N) is 3. The highest BCUT2D eigenvalue weighted by atomic mass is 16.2. The van der Waals surface area contributed by atoms with Gasteiger partial charge in [0, 0.05) is 57.3 Å². The molecule has 5 rings (SSSR count). The minimum Gasteiger partial charge on any atom is -0.337 e. The third kappa shape index (κ3) is 5.45. The van der Waals surface area contributed by atoms with E-state index in [1.165, 1.54) is 57.9 Å². The summed E-state index contributed by atoms with van der Waals surface area (Å²) in [4.78, 5) is 33.1. The molecular weight excluding hydrogens is 410 g/mol. The summed E-state index contributed by atoms with van der Waals surface area (Å²) in [6.45, 7) is 5.07. The fourth-order valence-electron chi connectivity index (χ4n) is 6.24. The number of carbonyl (C=O) groups is 2. The maximum Gasteiger partial charge on any atom is 0.223 e. The molecule has 1 aromatic carbocycles. The van der Waals surface area contributed by atoms with E-state index in [-0.39, 0.29) is 5.91 Å². The Labute approximate surface area is 199 Å². The minimum absolute atomic E-state index is 0.102. The summed E-state index contributed by atoms with van der Waals surface area (Å²) in [7, 11) is 0. The maximum absolute atomic E-state index is 13.5. The van der Waals surface area contributed by atoms with Gasteiger partial charge in [-0.05, 0) is 62.0 Å². The third-order valence-electron chi connectivity index (χ3n) is 8.66. The molecule has 1 aromatic rings. The van der Waals surface area contributed by atoms with Gasteiger partial charge in [0.25, 0.3) is 0 Å². The van der Waals surface area contributed by atoms with Crippen LogP contribution in [0.3, 0.4) is 0 Å². The lowest BCUT2D eigenvalue weighted by Crippen LogP contribution is -2.53. The predicted molar refractivity (Wildman–Crippen MR) is 132 cm³/mol. The number of para-hydroxylation sites is 1. The molecule has 2 amide bonds. The Morgan fingerprint density at radius 1 is 0.909 bits per heavy atom. The van der Waals surface area contributed by atoms with Crippen LogP contribution >= 0.6 is 0 Å². The van der Waals surface area contributed by atoms with Crippen LogP contribution in [0, 0.1) is 11.8 Å². The van der Waals surface area contributed by atoms with Crippen LogP contribution in [0.2, 0.25) is 0 Å². The van der Waals surface area contributed by atoms with Crippen molar-refractivity contribution >= 4 is 17.5 Å². The van der Waals surface area contributed by atoms with Gasteiger partial charge >= 0.3 is 0 Å². The van der Waals surface area contributed by atoms with Crippen molar-refractivity contribution in [3.63, 3.8) is 0 Å². The molecule has 2 saturated carbocycles. The lowest BCUT2D eigenvalue weighted by molar-refractivity contribution is -0.133. The second-order valence-electron chi connectivity index (χ2n) is 11.1. The number of fused-ring (bicyclic) bond motifs is 3. The van der Waals surface area contributed by atoms with E-state index < -0.39 is 0 Å². The Kier molecular flexibility index (Phi) is 7.05. The molecule has 3 fully saturated rings. The first-order valence-electron chi connectivity index (χ1n) is 13.5. The lowest BCUT2D eigenvalue weighted by Gasteiger charge is -2.44. The van der Waals surface area contributed by atoms with Crippen LogP contribution in [0.15, 0.2) is 24.3 Å². The smallest absolute Gasteiger partial charge is 0.223 e. The average molecular weight is 452 g/mol. The summed E-state index contributed by atoms with van der Waals surface area (Å²) < 4.78 is 0. The SMILES string of the molecule is CC(=O)N1CCC2CCCC(CN(C(=O)CCC3CCC3)Cc3ccccc31)N2CC1CC1. The van der Waals surface area contributed by atoms with Crippen LogP contribution in [0.5, 0.6) is 0 Å². The summed E-state index contributed by atoms with van der Waals surface area (Å²) in [6.07, 6.45) is 13.0. The number of hydrogen-bond donors (Lipinski definition) is 0. The highest BCUT2D eigenvalue weighted by molar-refractivity contribution is 5.92. The van der Waals surface area contributed by atoms with Gasteiger partial charge in [-0.2, -0.15) is 0 Å². The first-order valence-corrected chi connectivity index (χ1v) is 13.5. The van der Waals surface area contributed by atoms with Gasteiger partial charge in [-0.15, -0.1) is 0 Å². The Morgan fingerprint density at radius 3 is 2.39 bits per heavy atom. The number of rotatable bonds is 5. The zero-order valence-electron chi connectivity index (χ0n) is 20.4. The first-order chi connectivity index (χ1) is 16.1. The van der Waals surface area contributed by atoms with Crippen molar-refractivity contribution in [1.29, 1.82) is 0 Å². The van der Waals surface area contributed by atoms with E-state index in [9.17, 15) is 9.59 Å². The van der Waals surface area contributed by atoms with E-state index in [2.05, 4.69) is 21.9 Å². The van der Waals surface area contributed by atoms with Crippen molar-refractivity contribution in [2.45, 2.75) is 96.2 Å². The maximum atomic E-state index is 13.5. The number of carbonyl (C=O) groups excluding carboxylic acids is 2. The summed E-state index contributed by atoms with van der Waals surface area (Å²) in [5, 5.41) is 0. The first kappa shape index (κ1) is 22.9. The van der Waals surface area contributed by atoms with Gasteiger partial charge in [0.2, 0.25) is 11.8 Å². The summed E-state index contributed by atoms with van der Waals surface area (Å²) in [6, 6.07) is 9.22. The van der Waals surface area contributed by atoms with Gasteiger partial charge in [0.15, 0.2) is 0 Å². The molecule has 2 bridgehead atoms. The van der Waals surface area contributed by atoms with Crippen molar-refractivity contribution in [1.82, 2.24) is 9.80 Å². The van der Waals surface area contributed by atoms with E-state index in [0.717, 1.165) is 49.0 Å². The highest BCUT2D eigenvalue weighted by Gasteiger charge is 2.37. The molecule has 2 heterocycles. The predicted octanol–water partition coefficient (Wildman–Crippen LogP) is 4.99. The number of benzene rings is 1. The lowest BCUT2D eigenvalue weighted by atomic mass is 9.82. The van der Waals surface area contributed by atoms with Gasteiger partial charge in [0.1, 0.15) is 0 Å². The molecule has 2 aliphatic heterocycles. The van der Waals surface area contributed by atoms with E-state index in [4.69, 9.17) is 0 Å². The van der Waals surface area contributed by atoms with Crippen molar-refractivity contribution in [2.75, 3.05) is 24.5 Å².